The summed E-state index contributed by atoms with van der Waals surface area (Å²) < 4.78 is 10.7. The standard InChI is InChI=1S/C15H24N2O2/c1-11-8-13(4-5-15(11)18-3)17-12(2)9-14-10-19-7-6-16-14/h4-5,8,12,14,16-17H,6-7,9-10H2,1-3H3. The summed E-state index contributed by atoms with van der Waals surface area (Å²) in [7, 11) is 1.70. The molecule has 1 fully saturated rings. The van der Waals surface area contributed by atoms with E-state index in [-0.39, 0.29) is 0 Å². The summed E-state index contributed by atoms with van der Waals surface area (Å²) in [5, 5.41) is 7.01. The third-order valence-corrected chi connectivity index (χ3v) is 3.44. The van der Waals surface area contributed by atoms with Crippen LogP contribution in [0, 0.1) is 6.92 Å². The van der Waals surface area contributed by atoms with Gasteiger partial charge in [0, 0.05) is 24.3 Å². The zero-order valence-electron chi connectivity index (χ0n) is 12.0. The summed E-state index contributed by atoms with van der Waals surface area (Å²) in [5.41, 5.74) is 2.29. The van der Waals surface area contributed by atoms with Crippen molar-refractivity contribution in [1.82, 2.24) is 5.32 Å². The van der Waals surface area contributed by atoms with Gasteiger partial charge in [0.05, 0.1) is 20.3 Å². The summed E-state index contributed by atoms with van der Waals surface area (Å²) in [5.74, 6) is 0.931. The fraction of sp³-hybridized carbons (Fsp3) is 0.600. The lowest BCUT2D eigenvalue weighted by molar-refractivity contribution is 0.0731. The zero-order chi connectivity index (χ0) is 13.7. The van der Waals surface area contributed by atoms with Crippen LogP contribution in [0.4, 0.5) is 5.69 Å². The van der Waals surface area contributed by atoms with Gasteiger partial charge in [-0.25, -0.2) is 0 Å². The monoisotopic (exact) mass is 264 g/mol. The minimum Gasteiger partial charge on any atom is -0.496 e. The Labute approximate surface area is 115 Å². The number of nitrogens with one attached hydrogen (secondary N) is 2. The summed E-state index contributed by atoms with van der Waals surface area (Å²) in [4.78, 5) is 0. The Bertz CT molecular complexity index is 403. The van der Waals surface area contributed by atoms with Crippen molar-refractivity contribution in [2.75, 3.05) is 32.2 Å². The van der Waals surface area contributed by atoms with E-state index < -0.39 is 0 Å². The summed E-state index contributed by atoms with van der Waals surface area (Å²) >= 11 is 0. The van der Waals surface area contributed by atoms with Gasteiger partial charge in [-0.2, -0.15) is 0 Å². The van der Waals surface area contributed by atoms with Crippen molar-refractivity contribution < 1.29 is 9.47 Å². The average Bonchev–Trinajstić information content (AvgIpc) is 2.40. The number of hydrogen-bond donors (Lipinski definition) is 2. The number of rotatable bonds is 5. The molecule has 0 bridgehead atoms. The number of hydrogen-bond acceptors (Lipinski definition) is 4. The molecule has 2 unspecified atom stereocenters. The van der Waals surface area contributed by atoms with Crippen LogP contribution in [0.25, 0.3) is 0 Å². The molecule has 1 aromatic carbocycles. The highest BCUT2D eigenvalue weighted by molar-refractivity contribution is 5.51. The lowest BCUT2D eigenvalue weighted by Crippen LogP contribution is -2.43. The number of methoxy groups -OCH3 is 1. The van der Waals surface area contributed by atoms with Crippen LogP contribution in [0.3, 0.4) is 0 Å². The molecule has 0 spiro atoms. The molecule has 2 N–H and O–H groups in total. The molecule has 1 saturated heterocycles. The number of morpholine rings is 1. The quantitative estimate of drug-likeness (QED) is 0.855. The molecule has 0 saturated carbocycles. The Balaban J connectivity index is 1.87. The van der Waals surface area contributed by atoms with Gasteiger partial charge in [-0.1, -0.05) is 0 Å². The second kappa shape index (κ2) is 6.78. The molecule has 19 heavy (non-hydrogen) atoms. The van der Waals surface area contributed by atoms with Crippen LogP contribution in [-0.4, -0.2) is 39.0 Å². The van der Waals surface area contributed by atoms with E-state index in [1.165, 1.54) is 0 Å². The van der Waals surface area contributed by atoms with Crippen molar-refractivity contribution in [3.8, 4) is 5.75 Å². The second-order valence-electron chi connectivity index (χ2n) is 5.19. The predicted molar refractivity (Wildman–Crippen MR) is 78.0 cm³/mol. The predicted octanol–water partition coefficient (Wildman–Crippen LogP) is 2.18. The fourth-order valence-corrected chi connectivity index (χ4v) is 2.51. The van der Waals surface area contributed by atoms with E-state index in [2.05, 4.69) is 36.6 Å². The Hall–Kier alpha value is -1.26. The number of anilines is 1. The maximum absolute atomic E-state index is 5.48. The first-order valence-corrected chi connectivity index (χ1v) is 6.91. The highest BCUT2D eigenvalue weighted by atomic mass is 16.5. The first-order valence-electron chi connectivity index (χ1n) is 6.91. The van der Waals surface area contributed by atoms with Crippen LogP contribution in [0.15, 0.2) is 18.2 Å². The van der Waals surface area contributed by atoms with Crippen LogP contribution in [0.2, 0.25) is 0 Å². The molecular weight excluding hydrogens is 240 g/mol. The number of ether oxygens (including phenoxy) is 2. The molecular formula is C15H24N2O2. The van der Waals surface area contributed by atoms with E-state index in [9.17, 15) is 0 Å². The van der Waals surface area contributed by atoms with Crippen molar-refractivity contribution in [3.05, 3.63) is 23.8 Å². The van der Waals surface area contributed by atoms with Gasteiger partial charge < -0.3 is 20.1 Å². The van der Waals surface area contributed by atoms with E-state index in [0.717, 1.165) is 43.2 Å². The van der Waals surface area contributed by atoms with E-state index in [1.54, 1.807) is 7.11 Å². The summed E-state index contributed by atoms with van der Waals surface area (Å²) in [6, 6.07) is 7.06. The first-order chi connectivity index (χ1) is 9.19. The van der Waals surface area contributed by atoms with Gasteiger partial charge in [-0.15, -0.1) is 0 Å². The first kappa shape index (κ1) is 14.2. The molecule has 1 aliphatic rings. The molecule has 1 heterocycles. The van der Waals surface area contributed by atoms with E-state index in [0.29, 0.717) is 12.1 Å². The van der Waals surface area contributed by atoms with Gasteiger partial charge in [-0.3, -0.25) is 0 Å². The second-order valence-corrected chi connectivity index (χ2v) is 5.19. The van der Waals surface area contributed by atoms with Gasteiger partial charge in [0.2, 0.25) is 0 Å². The van der Waals surface area contributed by atoms with Crippen molar-refractivity contribution in [2.24, 2.45) is 0 Å². The van der Waals surface area contributed by atoms with E-state index in [4.69, 9.17) is 9.47 Å². The third-order valence-electron chi connectivity index (χ3n) is 3.44. The fourth-order valence-electron chi connectivity index (χ4n) is 2.51. The van der Waals surface area contributed by atoms with Gasteiger partial charge in [-0.05, 0) is 44.0 Å². The Morgan fingerprint density at radius 2 is 2.37 bits per heavy atom. The minimum atomic E-state index is 0.409. The van der Waals surface area contributed by atoms with Crippen molar-refractivity contribution in [2.45, 2.75) is 32.4 Å². The van der Waals surface area contributed by atoms with E-state index >= 15 is 0 Å². The lowest BCUT2D eigenvalue weighted by atomic mass is 10.1. The van der Waals surface area contributed by atoms with Crippen LogP contribution >= 0.6 is 0 Å². The Morgan fingerprint density at radius 3 is 3.00 bits per heavy atom. The number of benzene rings is 1. The highest BCUT2D eigenvalue weighted by Gasteiger charge is 2.16. The SMILES string of the molecule is COc1ccc(NC(C)CC2COCCN2)cc1C. The van der Waals surface area contributed by atoms with Crippen LogP contribution in [0.5, 0.6) is 5.75 Å². The molecule has 2 atom stereocenters. The van der Waals surface area contributed by atoms with Crippen LogP contribution < -0.4 is 15.4 Å². The molecule has 106 valence electrons. The molecule has 4 nitrogen and oxygen atoms in total. The molecule has 1 aromatic rings. The summed E-state index contributed by atoms with van der Waals surface area (Å²) in [6.45, 7) is 6.86. The lowest BCUT2D eigenvalue weighted by Gasteiger charge is -2.27. The van der Waals surface area contributed by atoms with Crippen LogP contribution in [0.1, 0.15) is 18.9 Å². The third kappa shape index (κ3) is 4.11. The molecule has 2 rings (SSSR count). The van der Waals surface area contributed by atoms with Crippen molar-refractivity contribution >= 4 is 5.69 Å². The number of aryl methyl sites for hydroxylation is 1. The molecule has 0 amide bonds. The molecule has 0 radical (unpaired) electrons. The molecule has 0 aliphatic carbocycles. The summed E-state index contributed by atoms with van der Waals surface area (Å²) in [6.07, 6.45) is 1.06. The maximum Gasteiger partial charge on any atom is 0.121 e. The Morgan fingerprint density at radius 1 is 1.53 bits per heavy atom. The van der Waals surface area contributed by atoms with Crippen molar-refractivity contribution in [1.29, 1.82) is 0 Å². The molecule has 1 aliphatic heterocycles. The largest absolute Gasteiger partial charge is 0.496 e. The van der Waals surface area contributed by atoms with E-state index in [1.807, 2.05) is 6.07 Å². The molecule has 4 heteroatoms. The smallest absolute Gasteiger partial charge is 0.121 e. The zero-order valence-corrected chi connectivity index (χ0v) is 12.0. The van der Waals surface area contributed by atoms with Gasteiger partial charge in [0.25, 0.3) is 0 Å². The maximum atomic E-state index is 5.48. The van der Waals surface area contributed by atoms with Gasteiger partial charge in [0.1, 0.15) is 5.75 Å². The molecule has 0 aromatic heterocycles. The van der Waals surface area contributed by atoms with Gasteiger partial charge in [0.15, 0.2) is 0 Å². The normalized spacial score (nSPS) is 20.9. The average molecular weight is 264 g/mol. The Kier molecular flexibility index (Phi) is 5.05. The van der Waals surface area contributed by atoms with Crippen molar-refractivity contribution in [3.63, 3.8) is 0 Å². The van der Waals surface area contributed by atoms with Crippen LogP contribution in [-0.2, 0) is 4.74 Å². The van der Waals surface area contributed by atoms with Gasteiger partial charge >= 0.3 is 0 Å². The topological polar surface area (TPSA) is 42.5 Å². The minimum absolute atomic E-state index is 0.409. The highest BCUT2D eigenvalue weighted by Crippen LogP contribution is 2.22.